The predicted molar refractivity (Wildman–Crippen MR) is 73.7 cm³/mol. The van der Waals surface area contributed by atoms with Crippen molar-refractivity contribution in [2.75, 3.05) is 19.7 Å². The molecule has 0 aliphatic rings. The van der Waals surface area contributed by atoms with E-state index in [2.05, 4.69) is 5.32 Å². The van der Waals surface area contributed by atoms with Gasteiger partial charge >= 0.3 is 11.9 Å². The largest absolute Gasteiger partial charge is 0.465 e. The number of carbonyl (C=O) groups is 2. The first-order valence-corrected chi connectivity index (χ1v) is 6.47. The van der Waals surface area contributed by atoms with E-state index in [9.17, 15) is 9.59 Å². The number of nitrogens with two attached hydrogens (primary N) is 1. The minimum atomic E-state index is -0.695. The highest BCUT2D eigenvalue weighted by Crippen LogP contribution is 2.00. The molecule has 0 heterocycles. The summed E-state index contributed by atoms with van der Waals surface area (Å²) in [6.45, 7) is 2.15. The Balaban J connectivity index is 2.29. The van der Waals surface area contributed by atoms with Crippen LogP contribution in [-0.4, -0.2) is 37.7 Å². The van der Waals surface area contributed by atoms with Crippen molar-refractivity contribution in [3.63, 3.8) is 0 Å². The molecule has 0 fully saturated rings. The maximum Gasteiger partial charge on any atom is 0.324 e. The van der Waals surface area contributed by atoms with Crippen LogP contribution in [0.2, 0.25) is 0 Å². The molecule has 20 heavy (non-hydrogen) atoms. The van der Waals surface area contributed by atoms with Crippen LogP contribution in [0.4, 0.5) is 0 Å². The van der Waals surface area contributed by atoms with E-state index in [0.717, 1.165) is 5.56 Å². The monoisotopic (exact) mass is 280 g/mol. The van der Waals surface area contributed by atoms with Crippen molar-refractivity contribution in [1.29, 1.82) is 0 Å². The third-order valence-corrected chi connectivity index (χ3v) is 2.54. The average molecular weight is 280 g/mol. The first kappa shape index (κ1) is 16.1. The summed E-state index contributed by atoms with van der Waals surface area (Å²) in [6.07, 6.45) is 0. The summed E-state index contributed by atoms with van der Waals surface area (Å²) in [5.74, 6) is -0.914. The summed E-state index contributed by atoms with van der Waals surface area (Å²) in [7, 11) is 0. The molecular weight excluding hydrogens is 260 g/mol. The van der Waals surface area contributed by atoms with Crippen molar-refractivity contribution in [3.05, 3.63) is 35.9 Å². The number of carbonyl (C=O) groups excluding carboxylic acids is 2. The first-order valence-electron chi connectivity index (χ1n) is 6.47. The third-order valence-electron chi connectivity index (χ3n) is 2.54. The molecule has 0 bridgehead atoms. The van der Waals surface area contributed by atoms with Gasteiger partial charge in [-0.2, -0.15) is 0 Å². The highest BCUT2D eigenvalue weighted by atomic mass is 16.5. The predicted octanol–water partition coefficient (Wildman–Crippen LogP) is 0.210. The van der Waals surface area contributed by atoms with Gasteiger partial charge in [0, 0.05) is 6.54 Å². The van der Waals surface area contributed by atoms with E-state index in [1.54, 1.807) is 6.92 Å². The summed E-state index contributed by atoms with van der Waals surface area (Å²) in [5, 5.41) is 2.72. The lowest BCUT2D eigenvalue weighted by Gasteiger charge is -2.14. The van der Waals surface area contributed by atoms with Gasteiger partial charge in [-0.25, -0.2) is 0 Å². The zero-order valence-electron chi connectivity index (χ0n) is 11.5. The second-order valence-corrected chi connectivity index (χ2v) is 4.07. The average Bonchev–Trinajstić information content (AvgIpc) is 2.47. The molecule has 0 spiro atoms. The molecule has 1 rings (SSSR count). The van der Waals surface area contributed by atoms with Crippen LogP contribution < -0.4 is 11.1 Å². The van der Waals surface area contributed by atoms with Crippen LogP contribution >= 0.6 is 0 Å². The topological polar surface area (TPSA) is 90.6 Å². The van der Waals surface area contributed by atoms with Crippen molar-refractivity contribution < 1.29 is 19.1 Å². The number of rotatable bonds is 8. The molecule has 6 nitrogen and oxygen atoms in total. The van der Waals surface area contributed by atoms with Crippen LogP contribution in [-0.2, 0) is 25.7 Å². The van der Waals surface area contributed by atoms with Gasteiger partial charge in [0.05, 0.1) is 13.2 Å². The number of hydrogen-bond donors (Lipinski definition) is 2. The van der Waals surface area contributed by atoms with Gasteiger partial charge < -0.3 is 15.2 Å². The van der Waals surface area contributed by atoms with Gasteiger partial charge in [0.25, 0.3) is 0 Å². The summed E-state index contributed by atoms with van der Waals surface area (Å²) < 4.78 is 9.89. The quantitative estimate of drug-likeness (QED) is 0.662. The molecule has 0 aromatic heterocycles. The van der Waals surface area contributed by atoms with E-state index in [4.69, 9.17) is 15.2 Å². The molecule has 1 atom stereocenters. The van der Waals surface area contributed by atoms with Crippen molar-refractivity contribution >= 4 is 11.9 Å². The molecule has 0 aliphatic heterocycles. The molecule has 1 aromatic rings. The lowest BCUT2D eigenvalue weighted by atomic mass is 10.2. The molecule has 0 aliphatic carbocycles. The number of nitrogens with one attached hydrogen (secondary N) is 1. The number of hydrogen-bond acceptors (Lipinski definition) is 6. The van der Waals surface area contributed by atoms with Crippen molar-refractivity contribution in [3.8, 4) is 0 Å². The highest BCUT2D eigenvalue weighted by Gasteiger charge is 2.18. The number of esters is 2. The lowest BCUT2D eigenvalue weighted by Crippen LogP contribution is -2.46. The Morgan fingerprint density at radius 2 is 1.95 bits per heavy atom. The smallest absolute Gasteiger partial charge is 0.324 e. The Morgan fingerprint density at radius 3 is 2.55 bits per heavy atom. The van der Waals surface area contributed by atoms with Crippen LogP contribution in [0.15, 0.2) is 30.3 Å². The fraction of sp³-hybridized carbons (Fsp3) is 0.429. The molecule has 0 radical (unpaired) electrons. The van der Waals surface area contributed by atoms with Crippen LogP contribution in [0.1, 0.15) is 12.5 Å². The SMILES string of the molecule is CCOC(=O)[C@@H](CN)NCC(=O)OCc1ccccc1. The van der Waals surface area contributed by atoms with Gasteiger partial charge in [-0.05, 0) is 12.5 Å². The second-order valence-electron chi connectivity index (χ2n) is 4.07. The highest BCUT2D eigenvalue weighted by molar-refractivity contribution is 5.78. The summed E-state index contributed by atoms with van der Waals surface area (Å²) in [4.78, 5) is 23.0. The zero-order chi connectivity index (χ0) is 14.8. The summed E-state index contributed by atoms with van der Waals surface area (Å²) >= 11 is 0. The summed E-state index contributed by atoms with van der Waals surface area (Å²) in [6, 6.07) is 8.65. The van der Waals surface area contributed by atoms with Crippen LogP contribution in [0.3, 0.4) is 0 Å². The van der Waals surface area contributed by atoms with Gasteiger partial charge in [0.1, 0.15) is 12.6 Å². The normalized spacial score (nSPS) is 11.7. The minimum Gasteiger partial charge on any atom is -0.465 e. The van der Waals surface area contributed by atoms with E-state index in [1.165, 1.54) is 0 Å². The Labute approximate surface area is 118 Å². The van der Waals surface area contributed by atoms with Crippen LogP contribution in [0.25, 0.3) is 0 Å². The molecule has 110 valence electrons. The van der Waals surface area contributed by atoms with E-state index < -0.39 is 18.0 Å². The summed E-state index contributed by atoms with van der Waals surface area (Å²) in [5.41, 5.74) is 6.34. The molecule has 0 saturated carbocycles. The molecule has 0 unspecified atom stereocenters. The number of benzene rings is 1. The molecular formula is C14H20N2O4. The number of ether oxygens (including phenoxy) is 2. The molecule has 1 aromatic carbocycles. The van der Waals surface area contributed by atoms with Gasteiger partial charge in [-0.1, -0.05) is 30.3 Å². The zero-order valence-corrected chi connectivity index (χ0v) is 11.5. The van der Waals surface area contributed by atoms with Gasteiger partial charge in [-0.3, -0.25) is 14.9 Å². The Kier molecular flexibility index (Phi) is 7.31. The van der Waals surface area contributed by atoms with Gasteiger partial charge in [0.15, 0.2) is 0 Å². The van der Waals surface area contributed by atoms with Crippen LogP contribution in [0, 0.1) is 0 Å². The maximum atomic E-state index is 11.5. The lowest BCUT2D eigenvalue weighted by molar-refractivity contribution is -0.147. The van der Waals surface area contributed by atoms with Crippen molar-refractivity contribution in [1.82, 2.24) is 5.32 Å². The van der Waals surface area contributed by atoms with Gasteiger partial charge in [-0.15, -0.1) is 0 Å². The van der Waals surface area contributed by atoms with E-state index in [0.29, 0.717) is 0 Å². The third kappa shape index (κ3) is 5.81. The van der Waals surface area contributed by atoms with Crippen LogP contribution in [0.5, 0.6) is 0 Å². The van der Waals surface area contributed by atoms with E-state index in [1.807, 2.05) is 30.3 Å². The Bertz CT molecular complexity index is 422. The first-order chi connectivity index (χ1) is 9.67. The standard InChI is InChI=1S/C14H20N2O4/c1-2-19-14(18)12(8-15)16-9-13(17)20-10-11-6-4-3-5-7-11/h3-7,12,16H,2,8-10,15H2,1H3/t12-/m1/s1. The van der Waals surface area contributed by atoms with Crippen molar-refractivity contribution in [2.24, 2.45) is 5.73 Å². The molecule has 0 saturated heterocycles. The molecule has 0 amide bonds. The van der Waals surface area contributed by atoms with Gasteiger partial charge in [0.2, 0.25) is 0 Å². The molecule has 6 heteroatoms. The Morgan fingerprint density at radius 1 is 1.25 bits per heavy atom. The minimum absolute atomic E-state index is 0.0603. The molecule has 3 N–H and O–H groups in total. The van der Waals surface area contributed by atoms with Crippen molar-refractivity contribution in [2.45, 2.75) is 19.6 Å². The fourth-order valence-electron chi connectivity index (χ4n) is 1.50. The second kappa shape index (κ2) is 9.06. The van der Waals surface area contributed by atoms with E-state index in [-0.39, 0.29) is 26.3 Å². The fourth-order valence-corrected chi connectivity index (χ4v) is 1.50. The van der Waals surface area contributed by atoms with E-state index >= 15 is 0 Å². The Hall–Kier alpha value is -1.92. The maximum absolute atomic E-state index is 11.5.